The first-order valence-corrected chi connectivity index (χ1v) is 11.0. The van der Waals surface area contributed by atoms with E-state index in [2.05, 4.69) is 51.0 Å². The number of carbonyl (C=O) groups is 1. The van der Waals surface area contributed by atoms with Gasteiger partial charge in [-0.3, -0.25) is 9.69 Å². The van der Waals surface area contributed by atoms with E-state index in [4.69, 9.17) is 4.74 Å². The van der Waals surface area contributed by atoms with Crippen molar-refractivity contribution >= 4 is 5.91 Å². The van der Waals surface area contributed by atoms with Crippen LogP contribution in [0, 0.1) is 5.92 Å². The van der Waals surface area contributed by atoms with Gasteiger partial charge >= 0.3 is 0 Å². The summed E-state index contributed by atoms with van der Waals surface area (Å²) in [7, 11) is 0. The molecule has 2 aromatic rings. The average molecular weight is 414 g/mol. The zero-order valence-electron chi connectivity index (χ0n) is 18.9. The molecule has 1 aliphatic heterocycles. The SMILES string of the molecule is CC(=O)N[C@@H](CC(C)C)c1nnc2n1CCN(Cc1ccc(OC(C)C)cc1)CC2. The highest BCUT2D eigenvalue weighted by atomic mass is 16.5. The predicted octanol–water partition coefficient (Wildman–Crippen LogP) is 3.35. The Kier molecular flexibility index (Phi) is 7.48. The van der Waals surface area contributed by atoms with Gasteiger partial charge in [-0.05, 0) is 43.9 Å². The molecule has 0 unspecified atom stereocenters. The molecule has 0 aliphatic carbocycles. The van der Waals surface area contributed by atoms with Gasteiger partial charge in [0.05, 0.1) is 12.1 Å². The Morgan fingerprint density at radius 3 is 2.47 bits per heavy atom. The van der Waals surface area contributed by atoms with Crippen LogP contribution in [0.1, 0.15) is 64.3 Å². The van der Waals surface area contributed by atoms with Crippen LogP contribution < -0.4 is 10.1 Å². The van der Waals surface area contributed by atoms with Crippen molar-refractivity contribution in [1.29, 1.82) is 0 Å². The van der Waals surface area contributed by atoms with Gasteiger partial charge in [0.15, 0.2) is 5.82 Å². The van der Waals surface area contributed by atoms with Crippen LogP contribution in [0.5, 0.6) is 5.75 Å². The predicted molar refractivity (Wildman–Crippen MR) is 117 cm³/mol. The van der Waals surface area contributed by atoms with Gasteiger partial charge in [0.2, 0.25) is 5.91 Å². The maximum atomic E-state index is 11.7. The molecule has 0 bridgehead atoms. The number of hydrogen-bond donors (Lipinski definition) is 1. The number of carbonyl (C=O) groups excluding carboxylic acids is 1. The molecule has 30 heavy (non-hydrogen) atoms. The second kappa shape index (κ2) is 10.1. The molecule has 1 atom stereocenters. The largest absolute Gasteiger partial charge is 0.491 e. The molecule has 2 heterocycles. The minimum atomic E-state index is -0.0937. The number of fused-ring (bicyclic) bond motifs is 1. The van der Waals surface area contributed by atoms with E-state index in [1.165, 1.54) is 5.56 Å². The number of nitrogens with one attached hydrogen (secondary N) is 1. The smallest absolute Gasteiger partial charge is 0.217 e. The van der Waals surface area contributed by atoms with Crippen LogP contribution >= 0.6 is 0 Å². The summed E-state index contributed by atoms with van der Waals surface area (Å²) in [6.07, 6.45) is 1.89. The Morgan fingerprint density at radius 1 is 1.10 bits per heavy atom. The Hall–Kier alpha value is -2.41. The number of hydrogen-bond acceptors (Lipinski definition) is 5. The fourth-order valence-electron chi connectivity index (χ4n) is 3.95. The summed E-state index contributed by atoms with van der Waals surface area (Å²) in [4.78, 5) is 14.2. The number of rotatable bonds is 8. The summed E-state index contributed by atoms with van der Waals surface area (Å²) in [5.41, 5.74) is 1.28. The first kappa shape index (κ1) is 22.3. The van der Waals surface area contributed by atoms with E-state index in [1.807, 2.05) is 26.0 Å². The normalized spacial score (nSPS) is 15.7. The third-order valence-electron chi connectivity index (χ3n) is 5.25. The van der Waals surface area contributed by atoms with Crippen molar-refractivity contribution in [3.8, 4) is 5.75 Å². The van der Waals surface area contributed by atoms with Crippen LogP contribution in [0.25, 0.3) is 0 Å². The Morgan fingerprint density at radius 2 is 1.83 bits per heavy atom. The molecule has 0 saturated carbocycles. The minimum absolute atomic E-state index is 0.0295. The average Bonchev–Trinajstić information content (AvgIpc) is 2.96. The summed E-state index contributed by atoms with van der Waals surface area (Å²) in [6.45, 7) is 13.6. The van der Waals surface area contributed by atoms with Gasteiger partial charge in [0.1, 0.15) is 11.6 Å². The van der Waals surface area contributed by atoms with E-state index in [0.717, 1.165) is 56.4 Å². The monoisotopic (exact) mass is 413 g/mol. The molecule has 0 fully saturated rings. The molecule has 164 valence electrons. The fourth-order valence-corrected chi connectivity index (χ4v) is 3.95. The van der Waals surface area contributed by atoms with Crippen LogP contribution in [-0.2, 0) is 24.3 Å². The molecule has 1 amide bonds. The van der Waals surface area contributed by atoms with Crippen LogP contribution in [-0.4, -0.2) is 44.8 Å². The van der Waals surface area contributed by atoms with E-state index in [0.29, 0.717) is 5.92 Å². The molecule has 1 aliphatic rings. The summed E-state index contributed by atoms with van der Waals surface area (Å²) in [5.74, 6) is 3.23. The van der Waals surface area contributed by atoms with Crippen molar-refractivity contribution in [3.63, 3.8) is 0 Å². The third kappa shape index (κ3) is 6.05. The first-order chi connectivity index (χ1) is 14.3. The number of aromatic nitrogens is 3. The van der Waals surface area contributed by atoms with Crippen LogP contribution in [0.4, 0.5) is 0 Å². The van der Waals surface area contributed by atoms with E-state index < -0.39 is 0 Å². The molecule has 0 saturated heterocycles. The van der Waals surface area contributed by atoms with Crippen molar-refractivity contribution < 1.29 is 9.53 Å². The zero-order valence-corrected chi connectivity index (χ0v) is 18.9. The summed E-state index contributed by atoms with van der Waals surface area (Å²) < 4.78 is 7.95. The maximum Gasteiger partial charge on any atom is 0.217 e. The number of ether oxygens (including phenoxy) is 1. The van der Waals surface area contributed by atoms with E-state index in [-0.39, 0.29) is 18.1 Å². The highest BCUT2D eigenvalue weighted by molar-refractivity contribution is 5.73. The van der Waals surface area contributed by atoms with E-state index >= 15 is 0 Å². The summed E-state index contributed by atoms with van der Waals surface area (Å²) in [5, 5.41) is 12.0. The molecule has 7 nitrogen and oxygen atoms in total. The quantitative estimate of drug-likeness (QED) is 0.719. The molecular formula is C23H35N5O2. The second-order valence-corrected chi connectivity index (χ2v) is 8.85. The van der Waals surface area contributed by atoms with Gasteiger partial charge in [-0.15, -0.1) is 10.2 Å². The van der Waals surface area contributed by atoms with Gasteiger partial charge in [-0.2, -0.15) is 0 Å². The third-order valence-corrected chi connectivity index (χ3v) is 5.25. The standard InChI is InChI=1S/C23H35N5O2/c1-16(2)14-21(24-18(5)29)23-26-25-22-10-11-27(12-13-28(22)23)15-19-6-8-20(9-7-19)30-17(3)4/h6-9,16-17,21H,10-15H2,1-5H3,(H,24,29)/t21-/m0/s1. The van der Waals surface area contributed by atoms with Gasteiger partial charge in [-0.1, -0.05) is 26.0 Å². The lowest BCUT2D eigenvalue weighted by molar-refractivity contribution is -0.119. The lowest BCUT2D eigenvalue weighted by atomic mass is 10.0. The molecule has 1 aromatic carbocycles. The van der Waals surface area contributed by atoms with Crippen LogP contribution in [0.3, 0.4) is 0 Å². The molecule has 3 rings (SSSR count). The zero-order chi connectivity index (χ0) is 21.7. The Balaban J connectivity index is 1.66. The molecular weight excluding hydrogens is 378 g/mol. The van der Waals surface area contributed by atoms with Crippen molar-refractivity contribution in [2.45, 2.75) is 72.7 Å². The van der Waals surface area contributed by atoms with Gasteiger partial charge < -0.3 is 14.6 Å². The number of benzene rings is 1. The number of nitrogens with zero attached hydrogens (tertiary/aromatic N) is 4. The molecule has 0 spiro atoms. The van der Waals surface area contributed by atoms with Crippen LogP contribution in [0.2, 0.25) is 0 Å². The molecule has 1 N–H and O–H groups in total. The van der Waals surface area contributed by atoms with E-state index in [9.17, 15) is 4.79 Å². The van der Waals surface area contributed by atoms with Crippen molar-refractivity contribution in [3.05, 3.63) is 41.5 Å². The van der Waals surface area contributed by atoms with Gasteiger partial charge in [-0.25, -0.2) is 0 Å². The summed E-state index contributed by atoms with van der Waals surface area (Å²) >= 11 is 0. The van der Waals surface area contributed by atoms with Crippen molar-refractivity contribution in [1.82, 2.24) is 25.0 Å². The minimum Gasteiger partial charge on any atom is -0.491 e. The first-order valence-electron chi connectivity index (χ1n) is 11.0. The lowest BCUT2D eigenvalue weighted by Gasteiger charge is -2.22. The van der Waals surface area contributed by atoms with Gasteiger partial charge in [0, 0.05) is 39.5 Å². The molecule has 1 aromatic heterocycles. The highest BCUT2D eigenvalue weighted by Crippen LogP contribution is 2.23. The summed E-state index contributed by atoms with van der Waals surface area (Å²) in [6, 6.07) is 8.28. The fraction of sp³-hybridized carbons (Fsp3) is 0.609. The van der Waals surface area contributed by atoms with Crippen molar-refractivity contribution in [2.24, 2.45) is 5.92 Å². The Labute approximate surface area is 179 Å². The maximum absolute atomic E-state index is 11.7. The molecule has 7 heteroatoms. The number of amides is 1. The Bertz CT molecular complexity index is 829. The van der Waals surface area contributed by atoms with Crippen molar-refractivity contribution in [2.75, 3.05) is 13.1 Å². The van der Waals surface area contributed by atoms with Gasteiger partial charge in [0.25, 0.3) is 0 Å². The highest BCUT2D eigenvalue weighted by Gasteiger charge is 2.25. The topological polar surface area (TPSA) is 72.3 Å². The molecule has 0 radical (unpaired) electrons. The van der Waals surface area contributed by atoms with E-state index in [1.54, 1.807) is 6.92 Å². The second-order valence-electron chi connectivity index (χ2n) is 8.85. The lowest BCUT2D eigenvalue weighted by Crippen LogP contribution is -2.31. The van der Waals surface area contributed by atoms with Crippen LogP contribution in [0.15, 0.2) is 24.3 Å².